The largest absolute Gasteiger partial charge is 0.382 e. The van der Waals surface area contributed by atoms with Crippen LogP contribution in [0.15, 0.2) is 36.8 Å². The molecule has 9 nitrogen and oxygen atoms in total. The Balaban J connectivity index is 2.25. The molecular formula is C15H14N6O3. The van der Waals surface area contributed by atoms with Gasteiger partial charge >= 0.3 is 0 Å². The standard InChI is InChI=1S/C15H14N6O3/c1-2-17-15(22)11-7-20-13(14(16)18-8-19-20)12(11)9-3-5-10(6-4-9)21(23)24/h3-8H,2H2,1H3,(H,17,22)(H2,16,18,19). The summed E-state index contributed by atoms with van der Waals surface area (Å²) < 4.78 is 1.48. The summed E-state index contributed by atoms with van der Waals surface area (Å²) in [6.45, 7) is 2.28. The van der Waals surface area contributed by atoms with E-state index in [1.165, 1.54) is 23.0 Å². The Labute approximate surface area is 136 Å². The van der Waals surface area contributed by atoms with E-state index in [0.29, 0.717) is 28.8 Å². The number of hydrogen-bond acceptors (Lipinski definition) is 6. The molecule has 122 valence electrons. The molecule has 0 fully saturated rings. The number of benzene rings is 1. The van der Waals surface area contributed by atoms with Crippen LogP contribution < -0.4 is 11.1 Å². The van der Waals surface area contributed by atoms with E-state index in [1.807, 2.05) is 6.92 Å². The van der Waals surface area contributed by atoms with E-state index in [1.54, 1.807) is 18.3 Å². The van der Waals surface area contributed by atoms with Gasteiger partial charge in [-0.2, -0.15) is 5.10 Å². The normalized spacial score (nSPS) is 10.7. The fraction of sp³-hybridized carbons (Fsp3) is 0.133. The van der Waals surface area contributed by atoms with Gasteiger partial charge in [0.25, 0.3) is 11.6 Å². The molecule has 0 saturated carbocycles. The Morgan fingerprint density at radius 1 is 1.38 bits per heavy atom. The van der Waals surface area contributed by atoms with Crippen molar-refractivity contribution in [3.8, 4) is 11.1 Å². The van der Waals surface area contributed by atoms with Gasteiger partial charge in [-0.15, -0.1) is 0 Å². The molecule has 3 aromatic rings. The van der Waals surface area contributed by atoms with Crippen molar-refractivity contribution >= 4 is 22.9 Å². The van der Waals surface area contributed by atoms with Crippen LogP contribution in [0.2, 0.25) is 0 Å². The second-order valence-corrected chi connectivity index (χ2v) is 5.02. The van der Waals surface area contributed by atoms with E-state index in [-0.39, 0.29) is 17.4 Å². The van der Waals surface area contributed by atoms with E-state index >= 15 is 0 Å². The van der Waals surface area contributed by atoms with Crippen LogP contribution in [-0.2, 0) is 0 Å². The van der Waals surface area contributed by atoms with Gasteiger partial charge in [0.2, 0.25) is 0 Å². The minimum Gasteiger partial charge on any atom is -0.382 e. The average molecular weight is 326 g/mol. The van der Waals surface area contributed by atoms with Crippen molar-refractivity contribution in [3.63, 3.8) is 0 Å². The number of rotatable bonds is 4. The fourth-order valence-electron chi connectivity index (χ4n) is 2.50. The van der Waals surface area contributed by atoms with Crippen molar-refractivity contribution in [2.45, 2.75) is 6.92 Å². The number of nitrogens with two attached hydrogens (primary N) is 1. The van der Waals surface area contributed by atoms with Crippen molar-refractivity contribution in [3.05, 3.63) is 52.5 Å². The van der Waals surface area contributed by atoms with Crippen LogP contribution in [0.25, 0.3) is 16.6 Å². The molecule has 0 bridgehead atoms. The number of fused-ring (bicyclic) bond motifs is 1. The van der Waals surface area contributed by atoms with Crippen LogP contribution in [0.4, 0.5) is 11.5 Å². The molecule has 0 atom stereocenters. The number of aromatic nitrogens is 3. The molecule has 3 N–H and O–H groups in total. The first-order valence-corrected chi connectivity index (χ1v) is 7.17. The third kappa shape index (κ3) is 2.51. The molecule has 9 heteroatoms. The average Bonchev–Trinajstić information content (AvgIpc) is 2.96. The topological polar surface area (TPSA) is 128 Å². The van der Waals surface area contributed by atoms with Gasteiger partial charge in [-0.3, -0.25) is 14.9 Å². The summed E-state index contributed by atoms with van der Waals surface area (Å²) in [7, 11) is 0. The number of carbonyl (C=O) groups is 1. The maximum atomic E-state index is 12.4. The van der Waals surface area contributed by atoms with Gasteiger partial charge in [-0.05, 0) is 24.6 Å². The molecule has 3 rings (SSSR count). The van der Waals surface area contributed by atoms with Crippen molar-refractivity contribution in [1.82, 2.24) is 19.9 Å². The lowest BCUT2D eigenvalue weighted by Crippen LogP contribution is -2.22. The van der Waals surface area contributed by atoms with Gasteiger partial charge in [0.15, 0.2) is 5.82 Å². The Morgan fingerprint density at radius 3 is 2.71 bits per heavy atom. The number of nitrogens with zero attached hydrogens (tertiary/aromatic N) is 4. The summed E-state index contributed by atoms with van der Waals surface area (Å²) in [5, 5.41) is 17.6. The molecule has 0 saturated heterocycles. The first kappa shape index (κ1) is 15.4. The van der Waals surface area contributed by atoms with Crippen molar-refractivity contribution in [1.29, 1.82) is 0 Å². The third-order valence-corrected chi connectivity index (χ3v) is 3.55. The summed E-state index contributed by atoms with van der Waals surface area (Å²) in [6, 6.07) is 5.89. The highest BCUT2D eigenvalue weighted by molar-refractivity contribution is 6.07. The van der Waals surface area contributed by atoms with Gasteiger partial charge < -0.3 is 11.1 Å². The molecule has 2 heterocycles. The highest BCUT2D eigenvalue weighted by Gasteiger charge is 2.21. The van der Waals surface area contributed by atoms with Gasteiger partial charge in [-0.1, -0.05) is 0 Å². The Kier molecular flexibility index (Phi) is 3.82. The number of nitrogen functional groups attached to an aromatic ring is 1. The lowest BCUT2D eigenvalue weighted by molar-refractivity contribution is -0.384. The lowest BCUT2D eigenvalue weighted by Gasteiger charge is -2.06. The van der Waals surface area contributed by atoms with E-state index in [0.717, 1.165) is 0 Å². The van der Waals surface area contributed by atoms with Crippen LogP contribution in [-0.4, -0.2) is 32.0 Å². The molecule has 1 aromatic carbocycles. The molecule has 1 amide bonds. The summed E-state index contributed by atoms with van der Waals surface area (Å²) in [5.74, 6) is -0.0651. The SMILES string of the molecule is CCNC(=O)c1cn2ncnc(N)c2c1-c1ccc([N+](=O)[O-])cc1. The molecule has 0 aliphatic heterocycles. The molecule has 2 aromatic heterocycles. The fourth-order valence-corrected chi connectivity index (χ4v) is 2.50. The van der Waals surface area contributed by atoms with Crippen LogP contribution in [0.5, 0.6) is 0 Å². The van der Waals surface area contributed by atoms with Crippen LogP contribution in [0, 0.1) is 10.1 Å². The Hall–Kier alpha value is -3.49. The van der Waals surface area contributed by atoms with E-state index in [9.17, 15) is 14.9 Å². The number of hydrogen-bond donors (Lipinski definition) is 2. The second-order valence-electron chi connectivity index (χ2n) is 5.02. The molecule has 0 spiro atoms. The van der Waals surface area contributed by atoms with E-state index in [4.69, 9.17) is 5.73 Å². The zero-order chi connectivity index (χ0) is 17.3. The number of non-ortho nitro benzene ring substituents is 1. The Morgan fingerprint density at radius 2 is 2.08 bits per heavy atom. The minimum absolute atomic E-state index is 0.0361. The number of nitro groups is 1. The first-order valence-electron chi connectivity index (χ1n) is 7.17. The predicted octanol–water partition coefficient (Wildman–Crippen LogP) is 1.64. The number of nitrogens with one attached hydrogen (secondary N) is 1. The Bertz CT molecular complexity index is 932. The van der Waals surface area contributed by atoms with Gasteiger partial charge in [-0.25, -0.2) is 9.50 Å². The monoisotopic (exact) mass is 326 g/mol. The molecule has 0 unspecified atom stereocenters. The quantitative estimate of drug-likeness (QED) is 0.554. The van der Waals surface area contributed by atoms with E-state index < -0.39 is 4.92 Å². The minimum atomic E-state index is -0.482. The number of amides is 1. The van der Waals surface area contributed by atoms with Crippen molar-refractivity contribution in [2.75, 3.05) is 12.3 Å². The highest BCUT2D eigenvalue weighted by Crippen LogP contribution is 2.33. The summed E-state index contributed by atoms with van der Waals surface area (Å²) in [4.78, 5) is 26.7. The highest BCUT2D eigenvalue weighted by atomic mass is 16.6. The zero-order valence-electron chi connectivity index (χ0n) is 12.8. The molecule has 24 heavy (non-hydrogen) atoms. The first-order chi connectivity index (χ1) is 11.5. The maximum absolute atomic E-state index is 12.4. The van der Waals surface area contributed by atoms with Crippen molar-refractivity contribution < 1.29 is 9.72 Å². The predicted molar refractivity (Wildman–Crippen MR) is 87.5 cm³/mol. The summed E-state index contributed by atoms with van der Waals surface area (Å²) in [5.41, 5.74) is 7.92. The van der Waals surface area contributed by atoms with Crippen molar-refractivity contribution in [2.24, 2.45) is 0 Å². The number of carbonyl (C=O) groups excluding carboxylic acids is 1. The molecule has 0 radical (unpaired) electrons. The van der Waals surface area contributed by atoms with Crippen LogP contribution in [0.3, 0.4) is 0 Å². The zero-order valence-corrected chi connectivity index (χ0v) is 12.8. The van der Waals surface area contributed by atoms with Gasteiger partial charge in [0.1, 0.15) is 11.8 Å². The second kappa shape index (κ2) is 5.95. The number of nitro benzene ring substituents is 1. The number of anilines is 1. The summed E-state index contributed by atoms with van der Waals surface area (Å²) in [6.07, 6.45) is 2.86. The maximum Gasteiger partial charge on any atom is 0.269 e. The molecular weight excluding hydrogens is 312 g/mol. The third-order valence-electron chi connectivity index (χ3n) is 3.55. The van der Waals surface area contributed by atoms with Crippen LogP contribution >= 0.6 is 0 Å². The smallest absolute Gasteiger partial charge is 0.269 e. The molecule has 0 aliphatic rings. The van der Waals surface area contributed by atoms with Gasteiger partial charge in [0.05, 0.1) is 10.5 Å². The van der Waals surface area contributed by atoms with Gasteiger partial charge in [0, 0.05) is 30.4 Å². The van der Waals surface area contributed by atoms with Crippen LogP contribution in [0.1, 0.15) is 17.3 Å². The molecule has 0 aliphatic carbocycles. The van der Waals surface area contributed by atoms with E-state index in [2.05, 4.69) is 15.4 Å². The lowest BCUT2D eigenvalue weighted by atomic mass is 10.0. The summed E-state index contributed by atoms with van der Waals surface area (Å²) >= 11 is 0.